The van der Waals surface area contributed by atoms with Gasteiger partial charge in [0, 0.05) is 6.04 Å². The zero-order valence-corrected chi connectivity index (χ0v) is 7.90. The third-order valence-corrected chi connectivity index (χ3v) is 2.11. The Balaban J connectivity index is 4.07. The molecule has 0 bridgehead atoms. The molecule has 1 amide bonds. The normalized spacial score (nSPS) is 16.5. The molecule has 13 heavy (non-hydrogen) atoms. The summed E-state index contributed by atoms with van der Waals surface area (Å²) >= 11 is 0. The van der Waals surface area contributed by atoms with Crippen LogP contribution in [0.3, 0.4) is 0 Å². The second kappa shape index (κ2) is 4.48. The molecule has 5 heteroatoms. The van der Waals surface area contributed by atoms with E-state index >= 15 is 0 Å². The molecule has 0 saturated carbocycles. The van der Waals surface area contributed by atoms with Crippen LogP contribution in [0.4, 0.5) is 13.2 Å². The monoisotopic (exact) mass is 197 g/mol. The van der Waals surface area contributed by atoms with Crippen molar-refractivity contribution in [1.82, 2.24) is 5.32 Å². The second-order valence-corrected chi connectivity index (χ2v) is 3.15. The number of halogens is 3. The summed E-state index contributed by atoms with van der Waals surface area (Å²) in [5.41, 5.74) is 0. The summed E-state index contributed by atoms with van der Waals surface area (Å²) in [6, 6.07) is -0.445. The minimum atomic E-state index is -4.78. The van der Waals surface area contributed by atoms with Crippen LogP contribution in [0.1, 0.15) is 27.2 Å². The van der Waals surface area contributed by atoms with Crippen LogP contribution < -0.4 is 5.32 Å². The maximum absolute atomic E-state index is 11.8. The summed E-state index contributed by atoms with van der Waals surface area (Å²) in [6.45, 7) is 5.22. The molecule has 0 spiro atoms. The molecule has 78 valence electrons. The molecule has 0 aliphatic heterocycles. The van der Waals surface area contributed by atoms with Crippen LogP contribution in [0.15, 0.2) is 0 Å². The van der Waals surface area contributed by atoms with Gasteiger partial charge in [0.1, 0.15) is 0 Å². The van der Waals surface area contributed by atoms with Gasteiger partial charge in [-0.25, -0.2) is 0 Å². The van der Waals surface area contributed by atoms with Crippen LogP contribution in [0.5, 0.6) is 0 Å². The first kappa shape index (κ1) is 12.3. The zero-order chi connectivity index (χ0) is 10.6. The van der Waals surface area contributed by atoms with E-state index in [9.17, 15) is 18.0 Å². The van der Waals surface area contributed by atoms with Crippen molar-refractivity contribution in [3.8, 4) is 0 Å². The summed E-state index contributed by atoms with van der Waals surface area (Å²) in [6.07, 6.45) is -4.04. The van der Waals surface area contributed by atoms with Gasteiger partial charge in [-0.3, -0.25) is 4.79 Å². The molecular formula is C8H14F3NO. The molecule has 2 atom stereocenters. The van der Waals surface area contributed by atoms with E-state index in [1.165, 1.54) is 0 Å². The maximum atomic E-state index is 11.8. The first-order chi connectivity index (χ1) is 5.79. The summed E-state index contributed by atoms with van der Waals surface area (Å²) in [4.78, 5) is 10.5. The Hall–Kier alpha value is -0.740. The van der Waals surface area contributed by atoms with Gasteiger partial charge in [0.15, 0.2) is 0 Å². The summed E-state index contributed by atoms with van der Waals surface area (Å²) < 4.78 is 35.3. The Morgan fingerprint density at radius 2 is 1.85 bits per heavy atom. The Morgan fingerprint density at radius 1 is 1.38 bits per heavy atom. The van der Waals surface area contributed by atoms with Crippen LogP contribution in [0, 0.1) is 5.92 Å². The van der Waals surface area contributed by atoms with Crippen LogP contribution in [-0.4, -0.2) is 18.1 Å². The smallest absolute Gasteiger partial charge is 0.346 e. The third-order valence-electron chi connectivity index (χ3n) is 2.11. The molecule has 2 unspecified atom stereocenters. The van der Waals surface area contributed by atoms with Gasteiger partial charge in [-0.05, 0) is 12.8 Å². The highest BCUT2D eigenvalue weighted by Gasteiger charge is 2.39. The Kier molecular flexibility index (Phi) is 4.23. The molecule has 0 radical (unpaired) electrons. The number of rotatable bonds is 3. The largest absolute Gasteiger partial charge is 0.471 e. The number of carbonyl (C=O) groups is 1. The molecule has 0 heterocycles. The highest BCUT2D eigenvalue weighted by atomic mass is 19.4. The summed E-state index contributed by atoms with van der Waals surface area (Å²) in [5.74, 6) is -1.81. The summed E-state index contributed by atoms with van der Waals surface area (Å²) in [5, 5.41) is 1.91. The van der Waals surface area contributed by atoms with E-state index in [1.54, 1.807) is 13.8 Å². The lowest BCUT2D eigenvalue weighted by Gasteiger charge is -2.20. The van der Waals surface area contributed by atoms with Crippen molar-refractivity contribution in [3.05, 3.63) is 0 Å². The van der Waals surface area contributed by atoms with Crippen molar-refractivity contribution >= 4 is 5.91 Å². The topological polar surface area (TPSA) is 29.1 Å². The number of hydrogen-bond acceptors (Lipinski definition) is 1. The van der Waals surface area contributed by atoms with Crippen LogP contribution in [0.25, 0.3) is 0 Å². The number of nitrogens with one attached hydrogen (secondary N) is 1. The number of carbonyl (C=O) groups excluding carboxylic acids is 1. The fraction of sp³-hybridized carbons (Fsp3) is 0.875. The molecule has 1 N–H and O–H groups in total. The first-order valence-electron chi connectivity index (χ1n) is 4.16. The fourth-order valence-electron chi connectivity index (χ4n) is 0.784. The van der Waals surface area contributed by atoms with E-state index in [0.29, 0.717) is 0 Å². The van der Waals surface area contributed by atoms with E-state index in [-0.39, 0.29) is 5.92 Å². The Morgan fingerprint density at radius 3 is 2.15 bits per heavy atom. The molecule has 0 saturated heterocycles. The quantitative estimate of drug-likeness (QED) is 0.737. The predicted octanol–water partition coefficient (Wildman–Crippen LogP) is 2.10. The minimum Gasteiger partial charge on any atom is -0.346 e. The summed E-state index contributed by atoms with van der Waals surface area (Å²) in [7, 11) is 0. The van der Waals surface area contributed by atoms with Crippen molar-refractivity contribution in [2.45, 2.75) is 39.4 Å². The van der Waals surface area contributed by atoms with Gasteiger partial charge >= 0.3 is 12.1 Å². The number of alkyl halides is 3. The van der Waals surface area contributed by atoms with Gasteiger partial charge in [-0.2, -0.15) is 13.2 Å². The van der Waals surface area contributed by atoms with Crippen molar-refractivity contribution in [2.24, 2.45) is 5.92 Å². The average molecular weight is 197 g/mol. The SMILES string of the molecule is CCC(C)C(C)NC(=O)C(F)(F)F. The highest BCUT2D eigenvalue weighted by molar-refractivity contribution is 5.81. The Bertz CT molecular complexity index is 179. The van der Waals surface area contributed by atoms with Gasteiger partial charge in [-0.15, -0.1) is 0 Å². The van der Waals surface area contributed by atoms with Gasteiger partial charge < -0.3 is 5.32 Å². The van der Waals surface area contributed by atoms with Crippen molar-refractivity contribution in [3.63, 3.8) is 0 Å². The van der Waals surface area contributed by atoms with Gasteiger partial charge in [0.05, 0.1) is 0 Å². The van der Waals surface area contributed by atoms with Gasteiger partial charge in [-0.1, -0.05) is 20.3 Å². The minimum absolute atomic E-state index is 0.0475. The molecule has 0 aromatic rings. The lowest BCUT2D eigenvalue weighted by Crippen LogP contribution is -2.44. The molecule has 0 aromatic heterocycles. The van der Waals surface area contributed by atoms with Crippen LogP contribution >= 0.6 is 0 Å². The predicted molar refractivity (Wildman–Crippen MR) is 43.1 cm³/mol. The van der Waals surface area contributed by atoms with E-state index < -0.39 is 18.1 Å². The van der Waals surface area contributed by atoms with E-state index in [4.69, 9.17) is 0 Å². The average Bonchev–Trinajstić information content (AvgIpc) is 2.01. The van der Waals surface area contributed by atoms with Crippen molar-refractivity contribution in [1.29, 1.82) is 0 Å². The molecular weight excluding hydrogens is 183 g/mol. The molecule has 0 fully saturated rings. The van der Waals surface area contributed by atoms with E-state index in [1.807, 2.05) is 12.2 Å². The number of amides is 1. The molecule has 0 aliphatic carbocycles. The molecule has 2 nitrogen and oxygen atoms in total. The lowest BCUT2D eigenvalue weighted by atomic mass is 10.0. The molecule has 0 aliphatic rings. The maximum Gasteiger partial charge on any atom is 0.471 e. The third kappa shape index (κ3) is 4.15. The van der Waals surface area contributed by atoms with Crippen molar-refractivity contribution in [2.75, 3.05) is 0 Å². The highest BCUT2D eigenvalue weighted by Crippen LogP contribution is 2.16. The van der Waals surface area contributed by atoms with Gasteiger partial charge in [0.2, 0.25) is 0 Å². The van der Waals surface area contributed by atoms with Crippen LogP contribution in [-0.2, 0) is 4.79 Å². The van der Waals surface area contributed by atoms with Crippen molar-refractivity contribution < 1.29 is 18.0 Å². The van der Waals surface area contributed by atoms with Crippen LogP contribution in [0.2, 0.25) is 0 Å². The van der Waals surface area contributed by atoms with E-state index in [0.717, 1.165) is 6.42 Å². The molecule has 0 aromatic carbocycles. The van der Waals surface area contributed by atoms with E-state index in [2.05, 4.69) is 0 Å². The second-order valence-electron chi connectivity index (χ2n) is 3.15. The lowest BCUT2D eigenvalue weighted by molar-refractivity contribution is -0.174. The number of hydrogen-bond donors (Lipinski definition) is 1. The molecule has 0 rings (SSSR count). The zero-order valence-electron chi connectivity index (χ0n) is 7.90. The standard InChI is InChI=1S/C8H14F3NO/c1-4-5(2)6(3)12-7(13)8(9,10)11/h5-6H,4H2,1-3H3,(H,12,13). The first-order valence-corrected chi connectivity index (χ1v) is 4.16. The fourth-order valence-corrected chi connectivity index (χ4v) is 0.784. The van der Waals surface area contributed by atoms with Gasteiger partial charge in [0.25, 0.3) is 0 Å². The Labute approximate surface area is 75.5 Å².